The molecule has 6 nitrogen and oxygen atoms in total. The Hall–Kier alpha value is -2.37. The Morgan fingerprint density at radius 1 is 1.11 bits per heavy atom. The van der Waals surface area contributed by atoms with Crippen LogP contribution in [0.25, 0.3) is 0 Å². The number of nitrogens with zero attached hydrogens (tertiary/aromatic N) is 1. The van der Waals surface area contributed by atoms with E-state index in [0.717, 1.165) is 11.3 Å². The van der Waals surface area contributed by atoms with Crippen LogP contribution >= 0.6 is 0 Å². The molecule has 2 N–H and O–H groups in total. The normalized spacial score (nSPS) is 10.1. The predicted octanol–water partition coefficient (Wildman–Crippen LogP) is 2.05. The minimum atomic E-state index is 0.594. The molecule has 0 amide bonds. The van der Waals surface area contributed by atoms with Crippen molar-refractivity contribution < 1.29 is 14.2 Å². The topological polar surface area (TPSA) is 68.4 Å². The Labute approximate surface area is 111 Å². The van der Waals surface area contributed by atoms with Crippen LogP contribution in [-0.2, 0) is 6.54 Å². The van der Waals surface area contributed by atoms with Gasteiger partial charge in [-0.1, -0.05) is 0 Å². The number of aromatic amines is 1. The third-order valence-corrected chi connectivity index (χ3v) is 2.77. The van der Waals surface area contributed by atoms with Gasteiger partial charge in [-0.2, -0.15) is 5.10 Å². The third-order valence-electron chi connectivity index (χ3n) is 2.77. The lowest BCUT2D eigenvalue weighted by atomic mass is 10.1. The number of methoxy groups -OCH3 is 3. The Morgan fingerprint density at radius 3 is 2.47 bits per heavy atom. The molecule has 0 unspecified atom stereocenters. The minimum Gasteiger partial charge on any atom is -0.493 e. The molecular weight excluding hydrogens is 246 g/mol. The molecule has 0 radical (unpaired) electrons. The van der Waals surface area contributed by atoms with Crippen molar-refractivity contribution in [3.8, 4) is 17.2 Å². The van der Waals surface area contributed by atoms with Gasteiger partial charge in [-0.3, -0.25) is 5.10 Å². The fourth-order valence-corrected chi connectivity index (χ4v) is 1.85. The van der Waals surface area contributed by atoms with Gasteiger partial charge in [0.25, 0.3) is 0 Å². The highest BCUT2D eigenvalue weighted by Gasteiger charge is 2.15. The molecule has 1 aromatic carbocycles. The second-order valence-corrected chi connectivity index (χ2v) is 3.83. The molecule has 1 aromatic heterocycles. The summed E-state index contributed by atoms with van der Waals surface area (Å²) in [6.07, 6.45) is 3.50. The summed E-state index contributed by atoms with van der Waals surface area (Å²) in [6, 6.07) is 3.79. The standard InChI is InChI=1S/C13H17N3O3/c1-17-11-5-4-9(12(18-2)13(11)19-3)6-14-10-7-15-16-8-10/h4-5,7-8,14H,6H2,1-3H3,(H,15,16). The lowest BCUT2D eigenvalue weighted by molar-refractivity contribution is 0.322. The van der Waals surface area contributed by atoms with Gasteiger partial charge in [0.15, 0.2) is 11.5 Å². The molecule has 0 fully saturated rings. The lowest BCUT2D eigenvalue weighted by Gasteiger charge is -2.16. The zero-order valence-corrected chi connectivity index (χ0v) is 11.2. The molecule has 19 heavy (non-hydrogen) atoms. The van der Waals surface area contributed by atoms with Gasteiger partial charge in [0.1, 0.15) is 0 Å². The van der Waals surface area contributed by atoms with Crippen LogP contribution in [0.1, 0.15) is 5.56 Å². The first-order valence-electron chi connectivity index (χ1n) is 5.80. The monoisotopic (exact) mass is 263 g/mol. The molecule has 6 heteroatoms. The Balaban J connectivity index is 2.24. The number of anilines is 1. The summed E-state index contributed by atoms with van der Waals surface area (Å²) in [5.74, 6) is 1.90. The first kappa shape index (κ1) is 13.1. The van der Waals surface area contributed by atoms with Crippen LogP contribution < -0.4 is 19.5 Å². The quantitative estimate of drug-likeness (QED) is 0.834. The van der Waals surface area contributed by atoms with Crippen molar-refractivity contribution in [1.29, 1.82) is 0 Å². The van der Waals surface area contributed by atoms with Crippen LogP contribution in [0.2, 0.25) is 0 Å². The van der Waals surface area contributed by atoms with E-state index in [0.29, 0.717) is 23.8 Å². The summed E-state index contributed by atoms with van der Waals surface area (Å²) in [5.41, 5.74) is 1.89. The fourth-order valence-electron chi connectivity index (χ4n) is 1.85. The van der Waals surface area contributed by atoms with Crippen molar-refractivity contribution in [2.24, 2.45) is 0 Å². The van der Waals surface area contributed by atoms with Crippen molar-refractivity contribution in [1.82, 2.24) is 10.2 Å². The molecule has 2 rings (SSSR count). The van der Waals surface area contributed by atoms with Crippen molar-refractivity contribution >= 4 is 5.69 Å². The zero-order valence-electron chi connectivity index (χ0n) is 11.2. The van der Waals surface area contributed by atoms with Gasteiger partial charge in [-0.25, -0.2) is 0 Å². The Kier molecular flexibility index (Phi) is 4.12. The minimum absolute atomic E-state index is 0.594. The van der Waals surface area contributed by atoms with Gasteiger partial charge in [-0.05, 0) is 12.1 Å². The number of nitrogens with one attached hydrogen (secondary N) is 2. The number of hydrogen-bond acceptors (Lipinski definition) is 5. The molecular formula is C13H17N3O3. The molecule has 0 saturated carbocycles. The third kappa shape index (κ3) is 2.73. The second kappa shape index (κ2) is 5.99. The summed E-state index contributed by atoms with van der Waals surface area (Å²) in [6.45, 7) is 0.600. The molecule has 0 spiro atoms. The number of H-pyrrole nitrogens is 1. The average molecular weight is 263 g/mol. The SMILES string of the molecule is COc1ccc(CNc2cn[nH]c2)c(OC)c1OC. The number of hydrogen-bond donors (Lipinski definition) is 2. The summed E-state index contributed by atoms with van der Waals surface area (Å²) < 4.78 is 16.0. The fraction of sp³-hybridized carbons (Fsp3) is 0.308. The molecule has 0 saturated heterocycles. The summed E-state index contributed by atoms with van der Waals surface area (Å²) >= 11 is 0. The van der Waals surface area contributed by atoms with E-state index in [1.807, 2.05) is 12.1 Å². The van der Waals surface area contributed by atoms with E-state index in [2.05, 4.69) is 15.5 Å². The van der Waals surface area contributed by atoms with Gasteiger partial charge < -0.3 is 19.5 Å². The van der Waals surface area contributed by atoms with E-state index in [4.69, 9.17) is 14.2 Å². The maximum absolute atomic E-state index is 5.41. The highest BCUT2D eigenvalue weighted by Crippen LogP contribution is 2.39. The maximum atomic E-state index is 5.41. The largest absolute Gasteiger partial charge is 0.493 e. The van der Waals surface area contributed by atoms with Gasteiger partial charge >= 0.3 is 0 Å². The van der Waals surface area contributed by atoms with E-state index in [1.165, 1.54) is 0 Å². The van der Waals surface area contributed by atoms with Crippen LogP contribution in [0.5, 0.6) is 17.2 Å². The van der Waals surface area contributed by atoms with E-state index < -0.39 is 0 Å². The molecule has 0 bridgehead atoms. The van der Waals surface area contributed by atoms with Crippen LogP contribution in [0, 0.1) is 0 Å². The van der Waals surface area contributed by atoms with Crippen LogP contribution in [-0.4, -0.2) is 31.5 Å². The summed E-state index contributed by atoms with van der Waals surface area (Å²) in [7, 11) is 4.80. The molecule has 1 heterocycles. The smallest absolute Gasteiger partial charge is 0.203 e. The average Bonchev–Trinajstić information content (AvgIpc) is 2.96. The first-order valence-corrected chi connectivity index (χ1v) is 5.80. The number of rotatable bonds is 6. The van der Waals surface area contributed by atoms with Gasteiger partial charge in [-0.15, -0.1) is 0 Å². The number of ether oxygens (including phenoxy) is 3. The second-order valence-electron chi connectivity index (χ2n) is 3.83. The number of benzene rings is 1. The predicted molar refractivity (Wildman–Crippen MR) is 72.0 cm³/mol. The van der Waals surface area contributed by atoms with Gasteiger partial charge in [0, 0.05) is 18.3 Å². The highest BCUT2D eigenvalue weighted by molar-refractivity contribution is 5.56. The zero-order chi connectivity index (χ0) is 13.7. The Morgan fingerprint density at radius 2 is 1.89 bits per heavy atom. The van der Waals surface area contributed by atoms with E-state index in [9.17, 15) is 0 Å². The highest BCUT2D eigenvalue weighted by atomic mass is 16.5. The van der Waals surface area contributed by atoms with Gasteiger partial charge in [0.2, 0.25) is 5.75 Å². The van der Waals surface area contributed by atoms with E-state index in [-0.39, 0.29) is 0 Å². The van der Waals surface area contributed by atoms with Crippen LogP contribution in [0.15, 0.2) is 24.5 Å². The lowest BCUT2D eigenvalue weighted by Crippen LogP contribution is -2.03. The molecule has 2 aromatic rings. The summed E-state index contributed by atoms with van der Waals surface area (Å²) in [4.78, 5) is 0. The van der Waals surface area contributed by atoms with Crippen molar-refractivity contribution in [2.75, 3.05) is 26.6 Å². The van der Waals surface area contributed by atoms with Crippen molar-refractivity contribution in [3.63, 3.8) is 0 Å². The number of aromatic nitrogens is 2. The molecule has 0 aliphatic rings. The van der Waals surface area contributed by atoms with E-state index >= 15 is 0 Å². The maximum Gasteiger partial charge on any atom is 0.203 e. The Bertz CT molecular complexity index is 526. The van der Waals surface area contributed by atoms with Crippen molar-refractivity contribution in [3.05, 3.63) is 30.1 Å². The van der Waals surface area contributed by atoms with Crippen LogP contribution in [0.4, 0.5) is 5.69 Å². The van der Waals surface area contributed by atoms with Crippen molar-refractivity contribution in [2.45, 2.75) is 6.54 Å². The molecule has 102 valence electrons. The molecule has 0 aliphatic carbocycles. The molecule has 0 atom stereocenters. The molecule has 0 aliphatic heterocycles. The summed E-state index contributed by atoms with van der Waals surface area (Å²) in [5, 5.41) is 9.86. The van der Waals surface area contributed by atoms with E-state index in [1.54, 1.807) is 33.7 Å². The first-order chi connectivity index (χ1) is 9.30. The van der Waals surface area contributed by atoms with Gasteiger partial charge in [0.05, 0.1) is 33.2 Å². The van der Waals surface area contributed by atoms with Crippen LogP contribution in [0.3, 0.4) is 0 Å².